The summed E-state index contributed by atoms with van der Waals surface area (Å²) in [6.45, 7) is 0.296. The SMILES string of the molecule is C1CC1.COc1ccc(F)c(-c2ccc(C3COc4ccc(CCC(=O)O)cc4O3)cc2Cl)c1. The second-order valence-electron chi connectivity index (χ2n) is 8.24. The van der Waals surface area contributed by atoms with Crippen LogP contribution < -0.4 is 14.2 Å². The highest BCUT2D eigenvalue weighted by Crippen LogP contribution is 2.39. The van der Waals surface area contributed by atoms with E-state index in [9.17, 15) is 9.18 Å². The van der Waals surface area contributed by atoms with Gasteiger partial charge in [-0.3, -0.25) is 4.79 Å². The Morgan fingerprint density at radius 2 is 1.85 bits per heavy atom. The number of carboxylic acids is 1. The van der Waals surface area contributed by atoms with Gasteiger partial charge in [-0.25, -0.2) is 4.39 Å². The van der Waals surface area contributed by atoms with Gasteiger partial charge in [0.05, 0.1) is 7.11 Å². The predicted octanol–water partition coefficient (Wildman–Crippen LogP) is 6.85. The second kappa shape index (κ2) is 10.8. The number of fused-ring (bicyclic) bond motifs is 1. The fourth-order valence-electron chi connectivity index (χ4n) is 3.48. The highest BCUT2D eigenvalue weighted by molar-refractivity contribution is 6.33. The molecule has 1 unspecified atom stereocenters. The maximum absolute atomic E-state index is 14.3. The van der Waals surface area contributed by atoms with E-state index < -0.39 is 17.9 Å². The molecule has 5 nitrogen and oxygen atoms in total. The smallest absolute Gasteiger partial charge is 0.303 e. The fourth-order valence-corrected chi connectivity index (χ4v) is 3.77. The third-order valence-corrected chi connectivity index (χ3v) is 5.79. The van der Waals surface area contributed by atoms with E-state index in [0.29, 0.717) is 46.4 Å². The number of aryl methyl sites for hydroxylation is 1. The molecule has 1 fully saturated rings. The number of rotatable bonds is 6. The van der Waals surface area contributed by atoms with Crippen molar-refractivity contribution in [2.45, 2.75) is 38.2 Å². The van der Waals surface area contributed by atoms with Crippen molar-refractivity contribution in [1.82, 2.24) is 0 Å². The van der Waals surface area contributed by atoms with E-state index in [4.69, 9.17) is 30.9 Å². The van der Waals surface area contributed by atoms with Crippen LogP contribution in [0.3, 0.4) is 0 Å². The predicted molar refractivity (Wildman–Crippen MR) is 129 cm³/mol. The zero-order valence-corrected chi connectivity index (χ0v) is 19.6. The molecule has 34 heavy (non-hydrogen) atoms. The first kappa shape index (κ1) is 23.9. The van der Waals surface area contributed by atoms with Crippen LogP contribution in [0.2, 0.25) is 5.02 Å². The average molecular weight is 485 g/mol. The van der Waals surface area contributed by atoms with E-state index in [1.54, 1.807) is 36.4 Å². The molecular formula is C27H26ClFO5. The van der Waals surface area contributed by atoms with E-state index in [2.05, 4.69) is 0 Å². The molecule has 0 bridgehead atoms. The molecule has 5 rings (SSSR count). The van der Waals surface area contributed by atoms with Gasteiger partial charge >= 0.3 is 5.97 Å². The summed E-state index contributed by atoms with van der Waals surface area (Å²) in [5.41, 5.74) is 2.55. The fraction of sp³-hybridized carbons (Fsp3) is 0.296. The van der Waals surface area contributed by atoms with Crippen LogP contribution in [0.25, 0.3) is 11.1 Å². The van der Waals surface area contributed by atoms with Crippen molar-refractivity contribution in [2.24, 2.45) is 0 Å². The van der Waals surface area contributed by atoms with Gasteiger partial charge in [0.15, 0.2) is 17.6 Å². The molecule has 1 aliphatic heterocycles. The molecule has 0 amide bonds. The highest BCUT2D eigenvalue weighted by atomic mass is 35.5. The maximum atomic E-state index is 14.3. The summed E-state index contributed by atoms with van der Waals surface area (Å²) >= 11 is 6.49. The zero-order chi connectivity index (χ0) is 24.1. The van der Waals surface area contributed by atoms with E-state index in [1.165, 1.54) is 32.4 Å². The Kier molecular flexibility index (Phi) is 7.58. The van der Waals surface area contributed by atoms with Gasteiger partial charge in [-0.15, -0.1) is 0 Å². The molecule has 3 aromatic rings. The summed E-state index contributed by atoms with van der Waals surface area (Å²) in [6.07, 6.45) is 4.55. The van der Waals surface area contributed by atoms with Crippen LogP contribution in [0.15, 0.2) is 54.6 Å². The minimum atomic E-state index is -0.852. The number of aliphatic carboxylic acids is 1. The van der Waals surface area contributed by atoms with Gasteiger partial charge in [-0.2, -0.15) is 0 Å². The van der Waals surface area contributed by atoms with Gasteiger partial charge < -0.3 is 19.3 Å². The van der Waals surface area contributed by atoms with Gasteiger partial charge in [-0.1, -0.05) is 49.1 Å². The van der Waals surface area contributed by atoms with Crippen LogP contribution >= 0.6 is 11.6 Å². The lowest BCUT2D eigenvalue weighted by Gasteiger charge is -2.27. The number of hydrogen-bond acceptors (Lipinski definition) is 4. The Morgan fingerprint density at radius 3 is 2.53 bits per heavy atom. The van der Waals surface area contributed by atoms with E-state index >= 15 is 0 Å². The van der Waals surface area contributed by atoms with Gasteiger partial charge in [0.1, 0.15) is 18.2 Å². The van der Waals surface area contributed by atoms with Crippen molar-refractivity contribution in [1.29, 1.82) is 0 Å². The van der Waals surface area contributed by atoms with E-state index in [1.807, 2.05) is 12.1 Å². The van der Waals surface area contributed by atoms with Crippen molar-refractivity contribution >= 4 is 17.6 Å². The quantitative estimate of drug-likeness (QED) is 0.414. The first-order valence-corrected chi connectivity index (χ1v) is 11.6. The third kappa shape index (κ3) is 6.00. The Bertz CT molecular complexity index is 1170. The Hall–Kier alpha value is -3.25. The third-order valence-electron chi connectivity index (χ3n) is 5.48. The second-order valence-corrected chi connectivity index (χ2v) is 8.65. The van der Waals surface area contributed by atoms with Crippen LogP contribution in [-0.2, 0) is 11.2 Å². The van der Waals surface area contributed by atoms with Crippen LogP contribution in [0.5, 0.6) is 17.2 Å². The maximum Gasteiger partial charge on any atom is 0.303 e. The minimum Gasteiger partial charge on any atom is -0.497 e. The topological polar surface area (TPSA) is 65.0 Å². The Morgan fingerprint density at radius 1 is 1.06 bits per heavy atom. The van der Waals surface area contributed by atoms with Crippen LogP contribution in [0.4, 0.5) is 4.39 Å². The summed E-state index contributed by atoms with van der Waals surface area (Å²) in [6, 6.07) is 15.2. The number of ether oxygens (including phenoxy) is 3. The van der Waals surface area contributed by atoms with Gasteiger partial charge in [-0.05, 0) is 53.9 Å². The molecule has 1 aliphatic carbocycles. The van der Waals surface area contributed by atoms with Gasteiger partial charge in [0.2, 0.25) is 0 Å². The molecule has 1 atom stereocenters. The monoisotopic (exact) mass is 484 g/mol. The number of benzene rings is 3. The van der Waals surface area contributed by atoms with Crippen molar-refractivity contribution in [3.63, 3.8) is 0 Å². The molecule has 1 heterocycles. The lowest BCUT2D eigenvalue weighted by molar-refractivity contribution is -0.136. The first-order chi connectivity index (χ1) is 16.4. The van der Waals surface area contributed by atoms with Gasteiger partial charge in [0, 0.05) is 22.6 Å². The molecule has 2 aliphatic rings. The normalized spacial score (nSPS) is 15.7. The number of carboxylic acid groups (broad SMARTS) is 1. The first-order valence-electron chi connectivity index (χ1n) is 11.2. The average Bonchev–Trinajstić information content (AvgIpc) is 3.72. The summed E-state index contributed by atoms with van der Waals surface area (Å²) in [4.78, 5) is 10.8. The number of carbonyl (C=O) groups is 1. The Labute approximate surface area is 203 Å². The molecular weight excluding hydrogens is 459 g/mol. The van der Waals surface area contributed by atoms with Crippen LogP contribution in [0, 0.1) is 5.82 Å². The summed E-state index contributed by atoms with van der Waals surface area (Å²) < 4.78 is 31.4. The number of methoxy groups -OCH3 is 1. The molecule has 178 valence electrons. The molecule has 0 saturated heterocycles. The largest absolute Gasteiger partial charge is 0.497 e. The lowest BCUT2D eigenvalue weighted by atomic mass is 10.0. The lowest BCUT2D eigenvalue weighted by Crippen LogP contribution is -2.21. The molecule has 1 saturated carbocycles. The molecule has 7 heteroatoms. The van der Waals surface area contributed by atoms with Crippen LogP contribution in [0.1, 0.15) is 42.9 Å². The number of hydrogen-bond donors (Lipinski definition) is 1. The molecule has 1 N–H and O–H groups in total. The minimum absolute atomic E-state index is 0.0426. The van der Waals surface area contributed by atoms with Crippen LogP contribution in [-0.4, -0.2) is 24.8 Å². The summed E-state index contributed by atoms with van der Waals surface area (Å²) in [7, 11) is 1.52. The molecule has 0 spiro atoms. The summed E-state index contributed by atoms with van der Waals surface area (Å²) in [5.74, 6) is 0.455. The van der Waals surface area contributed by atoms with Crippen molar-refractivity contribution in [2.75, 3.05) is 13.7 Å². The van der Waals surface area contributed by atoms with Crippen molar-refractivity contribution in [3.05, 3.63) is 76.6 Å². The van der Waals surface area contributed by atoms with Crippen molar-refractivity contribution in [3.8, 4) is 28.4 Å². The van der Waals surface area contributed by atoms with E-state index in [0.717, 1.165) is 11.1 Å². The molecule has 0 radical (unpaired) electrons. The highest BCUT2D eigenvalue weighted by Gasteiger charge is 2.24. The Balaban J connectivity index is 0.000000846. The number of halogens is 2. The van der Waals surface area contributed by atoms with E-state index in [-0.39, 0.29) is 6.42 Å². The standard InChI is InChI=1S/C24H20ClFO5.C3H6/c1-29-16-5-7-20(26)18(12-16)17-6-4-15(11-19(17)25)23-13-30-21-8-2-14(3-9-24(27)28)10-22(21)31-23;1-2-3-1/h2,4-8,10-12,23H,3,9,13H2,1H3,(H,27,28);1-3H2. The molecule has 3 aromatic carbocycles. The zero-order valence-electron chi connectivity index (χ0n) is 18.9. The molecule has 0 aromatic heterocycles. The summed E-state index contributed by atoms with van der Waals surface area (Å²) in [5, 5.41) is 9.27. The van der Waals surface area contributed by atoms with Gasteiger partial charge in [0.25, 0.3) is 0 Å². The van der Waals surface area contributed by atoms with Crippen molar-refractivity contribution < 1.29 is 28.5 Å².